The van der Waals surface area contributed by atoms with Crippen LogP contribution in [0.4, 0.5) is 0 Å². The number of aryl methyl sites for hydroxylation is 1. The predicted molar refractivity (Wildman–Crippen MR) is 90.3 cm³/mol. The summed E-state index contributed by atoms with van der Waals surface area (Å²) in [7, 11) is 0. The first-order chi connectivity index (χ1) is 11.4. The molecule has 1 aromatic carbocycles. The minimum Gasteiger partial charge on any atom is -0.478 e. The second-order valence-corrected chi connectivity index (χ2v) is 5.88. The fourth-order valence-electron chi connectivity index (χ4n) is 2.33. The quantitative estimate of drug-likeness (QED) is 0.851. The number of hydrogen-bond acceptors (Lipinski definition) is 4. The van der Waals surface area contributed by atoms with E-state index in [1.807, 2.05) is 13.8 Å². The topological polar surface area (TPSA) is 92.2 Å². The standard InChI is InChI=1S/C18H21N3O3/c1-11(2)16-15(10-20-12(3)21-16)17(22)19-9-8-13-4-6-14(7-5-13)18(23)24/h4-7,10-11H,8-9H2,1-3H3,(H,19,22)(H,23,24). The summed E-state index contributed by atoms with van der Waals surface area (Å²) < 4.78 is 0. The molecule has 0 spiro atoms. The van der Waals surface area contributed by atoms with Crippen LogP contribution in [0.15, 0.2) is 30.5 Å². The summed E-state index contributed by atoms with van der Waals surface area (Å²) in [4.78, 5) is 31.6. The molecule has 0 saturated carbocycles. The van der Waals surface area contributed by atoms with Gasteiger partial charge in [0.2, 0.25) is 0 Å². The molecule has 0 aliphatic heterocycles. The van der Waals surface area contributed by atoms with E-state index in [0.717, 1.165) is 11.3 Å². The van der Waals surface area contributed by atoms with Crippen LogP contribution in [-0.4, -0.2) is 33.5 Å². The Hall–Kier alpha value is -2.76. The highest BCUT2D eigenvalue weighted by Gasteiger charge is 2.16. The van der Waals surface area contributed by atoms with Gasteiger partial charge in [0, 0.05) is 12.7 Å². The van der Waals surface area contributed by atoms with E-state index in [1.165, 1.54) is 0 Å². The van der Waals surface area contributed by atoms with E-state index in [-0.39, 0.29) is 17.4 Å². The molecular weight excluding hydrogens is 306 g/mol. The Bertz CT molecular complexity index is 740. The summed E-state index contributed by atoms with van der Waals surface area (Å²) in [5, 5.41) is 11.7. The zero-order valence-electron chi connectivity index (χ0n) is 14.0. The predicted octanol–water partition coefficient (Wildman–Crippen LogP) is 2.58. The van der Waals surface area contributed by atoms with Crippen molar-refractivity contribution in [2.45, 2.75) is 33.1 Å². The van der Waals surface area contributed by atoms with E-state index in [4.69, 9.17) is 5.11 Å². The van der Waals surface area contributed by atoms with Crippen molar-refractivity contribution in [3.8, 4) is 0 Å². The lowest BCUT2D eigenvalue weighted by Gasteiger charge is -2.12. The molecule has 0 unspecified atom stereocenters. The highest BCUT2D eigenvalue weighted by Crippen LogP contribution is 2.16. The van der Waals surface area contributed by atoms with E-state index in [2.05, 4.69) is 15.3 Å². The van der Waals surface area contributed by atoms with Crippen molar-refractivity contribution < 1.29 is 14.7 Å². The Morgan fingerprint density at radius 3 is 2.46 bits per heavy atom. The third-order valence-electron chi connectivity index (χ3n) is 3.63. The van der Waals surface area contributed by atoms with E-state index in [1.54, 1.807) is 37.4 Å². The molecule has 6 heteroatoms. The van der Waals surface area contributed by atoms with Crippen LogP contribution in [0.1, 0.15) is 57.6 Å². The van der Waals surface area contributed by atoms with E-state index in [9.17, 15) is 9.59 Å². The zero-order chi connectivity index (χ0) is 17.7. The number of carboxylic acids is 1. The lowest BCUT2D eigenvalue weighted by molar-refractivity contribution is 0.0696. The SMILES string of the molecule is Cc1ncc(C(=O)NCCc2ccc(C(=O)O)cc2)c(C(C)C)n1. The molecule has 126 valence electrons. The van der Waals surface area contributed by atoms with Crippen LogP contribution in [0.25, 0.3) is 0 Å². The summed E-state index contributed by atoms with van der Waals surface area (Å²) in [6, 6.07) is 6.63. The molecule has 2 N–H and O–H groups in total. The Morgan fingerprint density at radius 1 is 1.21 bits per heavy atom. The monoisotopic (exact) mass is 327 g/mol. The Balaban J connectivity index is 1.97. The summed E-state index contributed by atoms with van der Waals surface area (Å²) in [5.74, 6) is -0.360. The van der Waals surface area contributed by atoms with Crippen molar-refractivity contribution in [2.24, 2.45) is 0 Å². The van der Waals surface area contributed by atoms with Crippen molar-refractivity contribution in [1.29, 1.82) is 0 Å². The van der Waals surface area contributed by atoms with Crippen molar-refractivity contribution >= 4 is 11.9 Å². The lowest BCUT2D eigenvalue weighted by Crippen LogP contribution is -2.27. The molecule has 0 aliphatic carbocycles. The average molecular weight is 327 g/mol. The highest BCUT2D eigenvalue weighted by molar-refractivity contribution is 5.95. The summed E-state index contributed by atoms with van der Waals surface area (Å²) in [6.07, 6.45) is 2.18. The maximum Gasteiger partial charge on any atom is 0.335 e. The number of aromatic carboxylic acids is 1. The third kappa shape index (κ3) is 4.38. The Kier molecular flexibility index (Phi) is 5.63. The molecule has 0 bridgehead atoms. The van der Waals surface area contributed by atoms with Gasteiger partial charge in [0.05, 0.1) is 16.8 Å². The minimum absolute atomic E-state index is 0.135. The molecule has 24 heavy (non-hydrogen) atoms. The Morgan fingerprint density at radius 2 is 1.88 bits per heavy atom. The van der Waals surface area contributed by atoms with Gasteiger partial charge in [-0.3, -0.25) is 4.79 Å². The van der Waals surface area contributed by atoms with Crippen molar-refractivity contribution in [3.05, 3.63) is 58.7 Å². The smallest absolute Gasteiger partial charge is 0.335 e. The van der Waals surface area contributed by atoms with Gasteiger partial charge in [0.1, 0.15) is 5.82 Å². The van der Waals surface area contributed by atoms with Crippen LogP contribution < -0.4 is 5.32 Å². The van der Waals surface area contributed by atoms with Crippen LogP contribution in [0.5, 0.6) is 0 Å². The molecule has 0 atom stereocenters. The normalized spacial score (nSPS) is 10.7. The molecule has 2 aromatic rings. The zero-order valence-corrected chi connectivity index (χ0v) is 14.0. The van der Waals surface area contributed by atoms with Gasteiger partial charge in [-0.25, -0.2) is 14.8 Å². The van der Waals surface area contributed by atoms with E-state index >= 15 is 0 Å². The number of nitrogens with one attached hydrogen (secondary N) is 1. The molecule has 6 nitrogen and oxygen atoms in total. The van der Waals surface area contributed by atoms with Gasteiger partial charge in [-0.2, -0.15) is 0 Å². The van der Waals surface area contributed by atoms with Crippen LogP contribution >= 0.6 is 0 Å². The molecule has 0 fully saturated rings. The first kappa shape index (κ1) is 17.6. The third-order valence-corrected chi connectivity index (χ3v) is 3.63. The number of carboxylic acid groups (broad SMARTS) is 1. The van der Waals surface area contributed by atoms with Gasteiger partial charge >= 0.3 is 5.97 Å². The second kappa shape index (κ2) is 7.68. The molecule has 0 aliphatic rings. The van der Waals surface area contributed by atoms with Crippen LogP contribution in [0, 0.1) is 6.92 Å². The first-order valence-electron chi connectivity index (χ1n) is 7.82. The fourth-order valence-corrected chi connectivity index (χ4v) is 2.33. The molecule has 2 rings (SSSR count). The van der Waals surface area contributed by atoms with Gasteiger partial charge in [0.25, 0.3) is 5.91 Å². The molecule has 1 aromatic heterocycles. The Labute approximate surface area is 141 Å². The van der Waals surface area contributed by atoms with E-state index in [0.29, 0.717) is 24.4 Å². The minimum atomic E-state index is -0.949. The second-order valence-electron chi connectivity index (χ2n) is 5.88. The van der Waals surface area contributed by atoms with Gasteiger partial charge in [-0.15, -0.1) is 0 Å². The fraction of sp³-hybridized carbons (Fsp3) is 0.333. The number of aromatic nitrogens is 2. The number of carbonyl (C=O) groups is 2. The highest BCUT2D eigenvalue weighted by atomic mass is 16.4. The molecule has 1 heterocycles. The van der Waals surface area contributed by atoms with Crippen LogP contribution in [0.2, 0.25) is 0 Å². The van der Waals surface area contributed by atoms with Crippen molar-refractivity contribution in [3.63, 3.8) is 0 Å². The van der Waals surface area contributed by atoms with Gasteiger partial charge < -0.3 is 10.4 Å². The summed E-state index contributed by atoms with van der Waals surface area (Å²) >= 11 is 0. The number of carbonyl (C=O) groups excluding carboxylic acids is 1. The molecular formula is C18H21N3O3. The summed E-state index contributed by atoms with van der Waals surface area (Å²) in [5.41, 5.74) is 2.45. The van der Waals surface area contributed by atoms with Crippen molar-refractivity contribution in [2.75, 3.05) is 6.54 Å². The van der Waals surface area contributed by atoms with Crippen LogP contribution in [-0.2, 0) is 6.42 Å². The number of rotatable bonds is 6. The first-order valence-corrected chi connectivity index (χ1v) is 7.82. The number of benzene rings is 1. The number of nitrogens with zero attached hydrogens (tertiary/aromatic N) is 2. The van der Waals surface area contributed by atoms with Gasteiger partial charge in [-0.05, 0) is 37.0 Å². The largest absolute Gasteiger partial charge is 0.478 e. The van der Waals surface area contributed by atoms with Gasteiger partial charge in [0.15, 0.2) is 0 Å². The summed E-state index contributed by atoms with van der Waals surface area (Å²) in [6.45, 7) is 6.23. The molecule has 1 amide bonds. The molecule has 0 radical (unpaired) electrons. The van der Waals surface area contributed by atoms with E-state index < -0.39 is 5.97 Å². The number of amides is 1. The lowest BCUT2D eigenvalue weighted by atomic mass is 10.0. The average Bonchev–Trinajstić information content (AvgIpc) is 2.55. The van der Waals surface area contributed by atoms with Gasteiger partial charge in [-0.1, -0.05) is 26.0 Å². The van der Waals surface area contributed by atoms with Crippen molar-refractivity contribution in [1.82, 2.24) is 15.3 Å². The van der Waals surface area contributed by atoms with Crippen LogP contribution in [0.3, 0.4) is 0 Å². The molecule has 0 saturated heterocycles. The maximum absolute atomic E-state index is 12.3. The maximum atomic E-state index is 12.3. The number of hydrogen-bond donors (Lipinski definition) is 2.